The number of nitrogens with zero attached hydrogens (tertiary/aromatic N) is 3. The fourth-order valence-corrected chi connectivity index (χ4v) is 3.57. The van der Waals surface area contributed by atoms with E-state index in [2.05, 4.69) is 4.98 Å². The van der Waals surface area contributed by atoms with E-state index in [-0.39, 0.29) is 19.6 Å². The Balaban J connectivity index is 1.67. The lowest BCUT2D eigenvalue weighted by atomic mass is 10.1. The van der Waals surface area contributed by atoms with E-state index in [1.165, 1.54) is 0 Å². The first-order chi connectivity index (χ1) is 12.7. The highest BCUT2D eigenvalue weighted by molar-refractivity contribution is 6.30. The van der Waals surface area contributed by atoms with Gasteiger partial charge in [-0.2, -0.15) is 0 Å². The Kier molecular flexibility index (Phi) is 4.46. The Morgan fingerprint density at radius 2 is 1.52 bits per heavy atom. The molecule has 0 radical (unpaired) electrons. The zero-order valence-corrected chi connectivity index (χ0v) is 15.2. The summed E-state index contributed by atoms with van der Waals surface area (Å²) in [5.41, 5.74) is 2.81. The SMILES string of the molecule is OC1(O)CN(Cc2nc3ccccc3n2Cc2ccc(Cl)cc2)CC1(O)O. The number of rotatable bonds is 4. The van der Waals surface area contributed by atoms with Crippen LogP contribution in [0.15, 0.2) is 48.5 Å². The van der Waals surface area contributed by atoms with Crippen LogP contribution in [0.25, 0.3) is 11.0 Å². The molecule has 4 N–H and O–H groups in total. The predicted octanol–water partition coefficient (Wildman–Crippen LogP) is 0.915. The zero-order chi connectivity index (χ0) is 19.2. The highest BCUT2D eigenvalue weighted by Crippen LogP contribution is 2.29. The van der Waals surface area contributed by atoms with Gasteiger partial charge in [-0.3, -0.25) is 4.90 Å². The van der Waals surface area contributed by atoms with Crippen LogP contribution < -0.4 is 0 Å². The summed E-state index contributed by atoms with van der Waals surface area (Å²) in [6.45, 7) is 0.232. The lowest BCUT2D eigenvalue weighted by Crippen LogP contribution is -2.53. The first-order valence-corrected chi connectivity index (χ1v) is 8.93. The summed E-state index contributed by atoms with van der Waals surface area (Å²) in [5, 5.41) is 39.9. The summed E-state index contributed by atoms with van der Waals surface area (Å²) in [6, 6.07) is 15.2. The fourth-order valence-electron chi connectivity index (χ4n) is 3.44. The monoisotopic (exact) mass is 389 g/mol. The Bertz CT molecular complexity index is 953. The minimum absolute atomic E-state index is 0.244. The number of hydrogen-bond acceptors (Lipinski definition) is 6. The largest absolute Gasteiger partial charge is 0.360 e. The molecule has 1 aromatic heterocycles. The number of aromatic nitrogens is 2. The van der Waals surface area contributed by atoms with E-state index in [4.69, 9.17) is 11.6 Å². The number of likely N-dealkylation sites (tertiary alicyclic amines) is 1. The third-order valence-electron chi connectivity index (χ3n) is 4.88. The van der Waals surface area contributed by atoms with Gasteiger partial charge in [0.25, 0.3) is 0 Å². The molecule has 1 aliphatic rings. The molecule has 0 atom stereocenters. The molecule has 142 valence electrons. The third kappa shape index (κ3) is 3.45. The topological polar surface area (TPSA) is 102 Å². The van der Waals surface area contributed by atoms with Crippen LogP contribution in [-0.4, -0.2) is 59.5 Å². The normalized spacial score (nSPS) is 19.0. The van der Waals surface area contributed by atoms with Crippen molar-refractivity contribution in [2.75, 3.05) is 13.1 Å². The minimum Gasteiger partial charge on any atom is -0.360 e. The Hall–Kier alpha value is -2.00. The van der Waals surface area contributed by atoms with Gasteiger partial charge in [-0.1, -0.05) is 35.9 Å². The molecule has 8 heteroatoms. The summed E-state index contributed by atoms with van der Waals surface area (Å²) in [7, 11) is 0. The van der Waals surface area contributed by atoms with Crippen molar-refractivity contribution in [1.29, 1.82) is 0 Å². The van der Waals surface area contributed by atoms with E-state index < -0.39 is 11.6 Å². The van der Waals surface area contributed by atoms with Crippen molar-refractivity contribution in [2.24, 2.45) is 0 Å². The molecule has 0 bridgehead atoms. The van der Waals surface area contributed by atoms with E-state index in [9.17, 15) is 20.4 Å². The van der Waals surface area contributed by atoms with E-state index >= 15 is 0 Å². The van der Waals surface area contributed by atoms with Crippen molar-refractivity contribution in [3.8, 4) is 0 Å². The number of imidazole rings is 1. The first-order valence-electron chi connectivity index (χ1n) is 8.56. The maximum atomic E-state index is 9.82. The second-order valence-electron chi connectivity index (χ2n) is 7.01. The average Bonchev–Trinajstić information content (AvgIpc) is 3.03. The minimum atomic E-state index is -2.58. The standard InChI is InChI=1S/C19H20ClN3O4/c20-14-7-5-13(6-8-14)9-23-16-4-2-1-3-15(16)21-17(23)10-22-11-18(24,25)19(26,27)12-22/h1-8,24-27H,9-12H2. The smallest absolute Gasteiger partial charge is 0.232 e. The molecular weight excluding hydrogens is 370 g/mol. The van der Waals surface area contributed by atoms with E-state index in [1.54, 1.807) is 4.90 Å². The number of hydrogen-bond donors (Lipinski definition) is 4. The van der Waals surface area contributed by atoms with Crippen LogP contribution in [0.3, 0.4) is 0 Å². The number of fused-ring (bicyclic) bond motifs is 1. The van der Waals surface area contributed by atoms with Gasteiger partial charge < -0.3 is 25.0 Å². The fraction of sp³-hybridized carbons (Fsp3) is 0.316. The average molecular weight is 390 g/mol. The lowest BCUT2D eigenvalue weighted by Gasteiger charge is -2.25. The van der Waals surface area contributed by atoms with Crippen LogP contribution in [0.2, 0.25) is 5.02 Å². The number of benzene rings is 2. The van der Waals surface area contributed by atoms with Crippen LogP contribution in [-0.2, 0) is 13.1 Å². The molecular formula is C19H20ClN3O4. The van der Waals surface area contributed by atoms with Crippen LogP contribution in [0, 0.1) is 0 Å². The van der Waals surface area contributed by atoms with Gasteiger partial charge >= 0.3 is 0 Å². The van der Waals surface area contributed by atoms with Crippen molar-refractivity contribution in [3.63, 3.8) is 0 Å². The molecule has 2 heterocycles. The van der Waals surface area contributed by atoms with E-state index in [0.29, 0.717) is 17.4 Å². The molecule has 0 amide bonds. The van der Waals surface area contributed by atoms with Gasteiger partial charge in [-0.25, -0.2) is 4.98 Å². The predicted molar refractivity (Wildman–Crippen MR) is 99.9 cm³/mol. The molecule has 1 aliphatic heterocycles. The van der Waals surface area contributed by atoms with E-state index in [0.717, 1.165) is 16.6 Å². The zero-order valence-electron chi connectivity index (χ0n) is 14.5. The summed E-state index contributed by atoms with van der Waals surface area (Å²) in [6.07, 6.45) is 0. The van der Waals surface area contributed by atoms with Crippen molar-refractivity contribution < 1.29 is 20.4 Å². The summed E-state index contributed by atoms with van der Waals surface area (Å²) >= 11 is 5.97. The maximum absolute atomic E-state index is 9.82. The summed E-state index contributed by atoms with van der Waals surface area (Å²) < 4.78 is 2.03. The quantitative estimate of drug-likeness (QED) is 0.495. The molecule has 0 spiro atoms. The van der Waals surface area contributed by atoms with Crippen molar-refractivity contribution in [3.05, 3.63) is 64.9 Å². The first kappa shape index (κ1) is 18.4. The number of β-amino-alcohol motifs (C(OH)–C–C–N with tert-alkyl or cyclic N) is 4. The molecule has 0 unspecified atom stereocenters. The Morgan fingerprint density at radius 3 is 2.19 bits per heavy atom. The molecule has 7 nitrogen and oxygen atoms in total. The van der Waals surface area contributed by atoms with Gasteiger partial charge in [0.15, 0.2) is 0 Å². The van der Waals surface area contributed by atoms with Gasteiger partial charge in [0.1, 0.15) is 5.82 Å². The lowest BCUT2D eigenvalue weighted by molar-refractivity contribution is -0.328. The molecule has 1 saturated heterocycles. The van der Waals surface area contributed by atoms with Gasteiger partial charge in [0.2, 0.25) is 11.6 Å². The van der Waals surface area contributed by atoms with Crippen LogP contribution in [0.5, 0.6) is 0 Å². The molecule has 27 heavy (non-hydrogen) atoms. The highest BCUT2D eigenvalue weighted by Gasteiger charge is 2.55. The molecule has 2 aromatic carbocycles. The number of aliphatic hydroxyl groups is 4. The van der Waals surface area contributed by atoms with Crippen LogP contribution in [0.4, 0.5) is 0 Å². The second kappa shape index (κ2) is 6.56. The second-order valence-corrected chi connectivity index (χ2v) is 7.44. The third-order valence-corrected chi connectivity index (χ3v) is 5.13. The van der Waals surface area contributed by atoms with Crippen molar-refractivity contribution >= 4 is 22.6 Å². The summed E-state index contributed by atoms with van der Waals surface area (Å²) in [5.74, 6) is -4.47. The highest BCUT2D eigenvalue weighted by atomic mass is 35.5. The number of para-hydroxylation sites is 2. The van der Waals surface area contributed by atoms with E-state index in [1.807, 2.05) is 53.1 Å². The molecule has 4 rings (SSSR count). The Morgan fingerprint density at radius 1 is 0.889 bits per heavy atom. The van der Waals surface area contributed by atoms with Gasteiger partial charge in [0, 0.05) is 11.6 Å². The molecule has 0 aliphatic carbocycles. The van der Waals surface area contributed by atoms with Gasteiger partial charge in [-0.05, 0) is 29.8 Å². The Labute approximate surface area is 160 Å². The van der Waals surface area contributed by atoms with Crippen LogP contribution in [0.1, 0.15) is 11.4 Å². The number of halogens is 1. The molecule has 0 saturated carbocycles. The molecule has 1 fully saturated rings. The van der Waals surface area contributed by atoms with Gasteiger partial charge in [0.05, 0.1) is 30.7 Å². The van der Waals surface area contributed by atoms with Gasteiger partial charge in [-0.15, -0.1) is 0 Å². The van der Waals surface area contributed by atoms with Crippen molar-refractivity contribution in [1.82, 2.24) is 14.5 Å². The van der Waals surface area contributed by atoms with Crippen molar-refractivity contribution in [2.45, 2.75) is 24.7 Å². The van der Waals surface area contributed by atoms with Crippen LogP contribution >= 0.6 is 11.6 Å². The maximum Gasteiger partial charge on any atom is 0.232 e. The summed E-state index contributed by atoms with van der Waals surface area (Å²) in [4.78, 5) is 6.21. The molecule has 3 aromatic rings.